The summed E-state index contributed by atoms with van der Waals surface area (Å²) in [6, 6.07) is 15.7. The number of hydrogen-bond acceptors (Lipinski definition) is 4. The standard InChI is InChI=1S/C20H17N3O3/c24-19(22-13-10-14-4-1-2-5-16(14)20(25)26)18-7-3-6-17(23-18)15-8-11-21-12-9-15/h1-9,11-12H,10,13H2,(H,22,24)(H,25,26). The average Bonchev–Trinajstić information content (AvgIpc) is 2.69. The molecule has 130 valence electrons. The third kappa shape index (κ3) is 4.10. The number of aromatic carboxylic acids is 1. The molecule has 0 saturated heterocycles. The van der Waals surface area contributed by atoms with E-state index in [4.69, 9.17) is 0 Å². The Kier molecular flexibility index (Phi) is 5.34. The van der Waals surface area contributed by atoms with Crippen LogP contribution in [0, 0.1) is 0 Å². The molecular weight excluding hydrogens is 330 g/mol. The molecule has 2 N–H and O–H groups in total. The van der Waals surface area contributed by atoms with Gasteiger partial charge in [-0.2, -0.15) is 0 Å². The van der Waals surface area contributed by atoms with Crippen molar-refractivity contribution in [3.05, 3.63) is 83.8 Å². The number of aromatic nitrogens is 2. The van der Waals surface area contributed by atoms with E-state index < -0.39 is 5.97 Å². The fourth-order valence-electron chi connectivity index (χ4n) is 2.59. The number of benzene rings is 1. The molecule has 0 fully saturated rings. The van der Waals surface area contributed by atoms with Crippen LogP contribution in [0.5, 0.6) is 0 Å². The van der Waals surface area contributed by atoms with Crippen molar-refractivity contribution >= 4 is 11.9 Å². The van der Waals surface area contributed by atoms with Gasteiger partial charge in [-0.3, -0.25) is 9.78 Å². The molecule has 0 atom stereocenters. The van der Waals surface area contributed by atoms with Crippen LogP contribution in [-0.4, -0.2) is 33.5 Å². The van der Waals surface area contributed by atoms with E-state index in [1.54, 1.807) is 48.8 Å². The van der Waals surface area contributed by atoms with Crippen molar-refractivity contribution < 1.29 is 14.7 Å². The quantitative estimate of drug-likeness (QED) is 0.715. The highest BCUT2D eigenvalue weighted by Gasteiger charge is 2.11. The monoisotopic (exact) mass is 347 g/mol. The van der Waals surface area contributed by atoms with Gasteiger partial charge in [-0.15, -0.1) is 0 Å². The molecule has 6 nitrogen and oxygen atoms in total. The molecule has 3 aromatic rings. The maximum absolute atomic E-state index is 12.3. The van der Waals surface area contributed by atoms with Gasteiger partial charge in [0, 0.05) is 24.5 Å². The van der Waals surface area contributed by atoms with Crippen molar-refractivity contribution in [1.29, 1.82) is 0 Å². The maximum atomic E-state index is 12.3. The Morgan fingerprint density at radius 1 is 0.962 bits per heavy atom. The maximum Gasteiger partial charge on any atom is 0.335 e. The predicted molar refractivity (Wildman–Crippen MR) is 96.9 cm³/mol. The molecule has 0 unspecified atom stereocenters. The SMILES string of the molecule is O=C(NCCc1ccccc1C(=O)O)c1cccc(-c2ccncc2)n1. The first kappa shape index (κ1) is 17.3. The van der Waals surface area contributed by atoms with E-state index in [1.807, 2.05) is 18.2 Å². The molecule has 2 heterocycles. The Labute approximate surface area is 150 Å². The van der Waals surface area contributed by atoms with Crippen LogP contribution in [0.2, 0.25) is 0 Å². The lowest BCUT2D eigenvalue weighted by Crippen LogP contribution is -2.27. The normalized spacial score (nSPS) is 10.3. The van der Waals surface area contributed by atoms with Gasteiger partial charge in [0.25, 0.3) is 5.91 Å². The molecular formula is C20H17N3O3. The number of carbonyl (C=O) groups is 2. The molecule has 1 aromatic carbocycles. The predicted octanol–water partition coefficient (Wildman–Crippen LogP) is 2.81. The van der Waals surface area contributed by atoms with Gasteiger partial charge in [-0.1, -0.05) is 24.3 Å². The zero-order valence-corrected chi connectivity index (χ0v) is 13.9. The first-order valence-electron chi connectivity index (χ1n) is 8.12. The van der Waals surface area contributed by atoms with E-state index in [1.165, 1.54) is 0 Å². The largest absolute Gasteiger partial charge is 0.478 e. The van der Waals surface area contributed by atoms with Crippen molar-refractivity contribution in [2.24, 2.45) is 0 Å². The molecule has 0 aliphatic rings. The first-order valence-corrected chi connectivity index (χ1v) is 8.12. The van der Waals surface area contributed by atoms with Crippen molar-refractivity contribution in [2.45, 2.75) is 6.42 Å². The smallest absolute Gasteiger partial charge is 0.335 e. The lowest BCUT2D eigenvalue weighted by atomic mass is 10.0. The summed E-state index contributed by atoms with van der Waals surface area (Å²) >= 11 is 0. The second kappa shape index (κ2) is 8.02. The van der Waals surface area contributed by atoms with Gasteiger partial charge < -0.3 is 10.4 Å². The van der Waals surface area contributed by atoms with E-state index in [2.05, 4.69) is 15.3 Å². The molecule has 6 heteroatoms. The van der Waals surface area contributed by atoms with Gasteiger partial charge in [-0.25, -0.2) is 9.78 Å². The van der Waals surface area contributed by atoms with Crippen LogP contribution in [0.1, 0.15) is 26.4 Å². The van der Waals surface area contributed by atoms with Gasteiger partial charge in [0.15, 0.2) is 0 Å². The summed E-state index contributed by atoms with van der Waals surface area (Å²) in [6.07, 6.45) is 3.77. The summed E-state index contributed by atoms with van der Waals surface area (Å²) in [5.41, 5.74) is 2.81. The third-order valence-corrected chi connectivity index (χ3v) is 3.89. The van der Waals surface area contributed by atoms with E-state index in [0.29, 0.717) is 29.9 Å². The summed E-state index contributed by atoms with van der Waals surface area (Å²) in [5, 5.41) is 12.0. The van der Waals surface area contributed by atoms with Gasteiger partial charge in [-0.05, 0) is 42.3 Å². The number of amides is 1. The van der Waals surface area contributed by atoms with Crippen LogP contribution in [0.4, 0.5) is 0 Å². The number of hydrogen-bond donors (Lipinski definition) is 2. The van der Waals surface area contributed by atoms with Crippen molar-refractivity contribution in [1.82, 2.24) is 15.3 Å². The van der Waals surface area contributed by atoms with E-state index in [9.17, 15) is 14.7 Å². The molecule has 1 amide bonds. The highest BCUT2D eigenvalue weighted by atomic mass is 16.4. The van der Waals surface area contributed by atoms with Crippen LogP contribution in [-0.2, 0) is 6.42 Å². The minimum absolute atomic E-state index is 0.250. The second-order valence-electron chi connectivity index (χ2n) is 5.61. The molecule has 3 rings (SSSR count). The fourth-order valence-corrected chi connectivity index (χ4v) is 2.59. The number of carboxylic acid groups (broad SMARTS) is 1. The van der Waals surface area contributed by atoms with Crippen molar-refractivity contribution in [2.75, 3.05) is 6.54 Å². The van der Waals surface area contributed by atoms with Gasteiger partial charge in [0.05, 0.1) is 11.3 Å². The molecule has 0 radical (unpaired) electrons. The highest BCUT2D eigenvalue weighted by Crippen LogP contribution is 2.15. The Bertz CT molecular complexity index is 926. The van der Waals surface area contributed by atoms with Gasteiger partial charge in [0.2, 0.25) is 0 Å². The second-order valence-corrected chi connectivity index (χ2v) is 5.61. The van der Waals surface area contributed by atoms with E-state index >= 15 is 0 Å². The summed E-state index contributed by atoms with van der Waals surface area (Å²) in [4.78, 5) is 31.9. The molecule has 0 aliphatic heterocycles. The van der Waals surface area contributed by atoms with E-state index in [0.717, 1.165) is 5.56 Å². The molecule has 26 heavy (non-hydrogen) atoms. The third-order valence-electron chi connectivity index (χ3n) is 3.89. The summed E-state index contributed by atoms with van der Waals surface area (Å²) in [6.45, 7) is 0.324. The molecule has 0 aliphatic carbocycles. The van der Waals surface area contributed by atoms with Crippen molar-refractivity contribution in [3.8, 4) is 11.3 Å². The first-order chi connectivity index (χ1) is 12.6. The lowest BCUT2D eigenvalue weighted by Gasteiger charge is -2.08. The number of nitrogens with one attached hydrogen (secondary N) is 1. The molecule has 0 saturated carbocycles. The van der Waals surface area contributed by atoms with Crippen molar-refractivity contribution in [3.63, 3.8) is 0 Å². The van der Waals surface area contributed by atoms with E-state index in [-0.39, 0.29) is 11.5 Å². The van der Waals surface area contributed by atoms with Crippen LogP contribution >= 0.6 is 0 Å². The number of pyridine rings is 2. The summed E-state index contributed by atoms with van der Waals surface area (Å²) < 4.78 is 0. The Morgan fingerprint density at radius 2 is 1.73 bits per heavy atom. The molecule has 0 bridgehead atoms. The number of nitrogens with zero attached hydrogens (tertiary/aromatic N) is 2. The Morgan fingerprint density at radius 3 is 2.50 bits per heavy atom. The van der Waals surface area contributed by atoms with Crippen LogP contribution in [0.15, 0.2) is 67.0 Å². The average molecular weight is 347 g/mol. The van der Waals surface area contributed by atoms with Crippen LogP contribution in [0.25, 0.3) is 11.3 Å². The lowest BCUT2D eigenvalue weighted by molar-refractivity contribution is 0.0695. The topological polar surface area (TPSA) is 92.2 Å². The number of carbonyl (C=O) groups excluding carboxylic acids is 1. The minimum atomic E-state index is -0.973. The molecule has 2 aromatic heterocycles. The highest BCUT2D eigenvalue weighted by molar-refractivity contribution is 5.93. The van der Waals surface area contributed by atoms with Gasteiger partial charge in [0.1, 0.15) is 5.69 Å². The Balaban J connectivity index is 1.65. The van der Waals surface area contributed by atoms with Crippen LogP contribution in [0.3, 0.4) is 0 Å². The van der Waals surface area contributed by atoms with Crippen LogP contribution < -0.4 is 5.32 Å². The van der Waals surface area contributed by atoms with Gasteiger partial charge >= 0.3 is 5.97 Å². The molecule has 0 spiro atoms. The fraction of sp³-hybridized carbons (Fsp3) is 0.100. The summed E-state index contributed by atoms with van der Waals surface area (Å²) in [7, 11) is 0. The minimum Gasteiger partial charge on any atom is -0.478 e. The zero-order chi connectivity index (χ0) is 18.4. The number of carboxylic acids is 1. The zero-order valence-electron chi connectivity index (χ0n) is 13.9. The number of rotatable bonds is 6. The Hall–Kier alpha value is -3.54. The summed E-state index contributed by atoms with van der Waals surface area (Å²) in [5.74, 6) is -1.27.